The Morgan fingerprint density at radius 2 is 1.90 bits per heavy atom. The zero-order valence-electron chi connectivity index (χ0n) is 16.3. The Morgan fingerprint density at radius 3 is 2.55 bits per heavy atom. The molecule has 0 aromatic heterocycles. The monoisotopic (exact) mass is 413 g/mol. The Hall–Kier alpha value is -2.86. The van der Waals surface area contributed by atoms with Gasteiger partial charge in [0.05, 0.1) is 17.3 Å². The molecule has 0 bridgehead atoms. The number of carbonyl (C=O) groups is 3. The van der Waals surface area contributed by atoms with Gasteiger partial charge in [0.1, 0.15) is 0 Å². The Kier molecular flexibility index (Phi) is 6.88. The molecule has 1 aliphatic heterocycles. The maximum absolute atomic E-state index is 12.3. The molecule has 3 rings (SSSR count). The minimum absolute atomic E-state index is 0.0429. The van der Waals surface area contributed by atoms with Crippen molar-refractivity contribution < 1.29 is 14.4 Å². The highest BCUT2D eigenvalue weighted by atomic mass is 35.5. The number of nitrogens with one attached hydrogen (secondary N) is 2. The van der Waals surface area contributed by atoms with E-state index in [0.717, 1.165) is 12.1 Å². The van der Waals surface area contributed by atoms with Crippen LogP contribution in [0.3, 0.4) is 0 Å². The van der Waals surface area contributed by atoms with Crippen molar-refractivity contribution in [1.82, 2.24) is 5.32 Å². The molecule has 2 N–H and O–H groups in total. The maximum Gasteiger partial charge on any atom is 0.239 e. The van der Waals surface area contributed by atoms with Gasteiger partial charge in [-0.1, -0.05) is 42.8 Å². The highest BCUT2D eigenvalue weighted by Gasteiger charge is 2.19. The van der Waals surface area contributed by atoms with Crippen molar-refractivity contribution in [3.05, 3.63) is 58.6 Å². The quantitative estimate of drug-likeness (QED) is 0.681. The van der Waals surface area contributed by atoms with Crippen LogP contribution in [0.1, 0.15) is 35.7 Å². The number of halogens is 1. The third-order valence-electron chi connectivity index (χ3n) is 4.87. The summed E-state index contributed by atoms with van der Waals surface area (Å²) in [5, 5.41) is 6.01. The van der Waals surface area contributed by atoms with Crippen molar-refractivity contribution in [2.45, 2.75) is 26.2 Å². The topological polar surface area (TPSA) is 78.5 Å². The lowest BCUT2D eigenvalue weighted by atomic mass is 10.0. The van der Waals surface area contributed by atoms with Crippen LogP contribution >= 0.6 is 11.6 Å². The van der Waals surface area contributed by atoms with E-state index in [2.05, 4.69) is 17.6 Å². The summed E-state index contributed by atoms with van der Waals surface area (Å²) in [6, 6.07) is 12.7. The number of nitrogens with zero attached hydrogens (tertiary/aromatic N) is 1. The molecular formula is C22H24ClN3O3. The summed E-state index contributed by atoms with van der Waals surface area (Å²) >= 11 is 6.35. The standard InChI is InChI=1S/C22H24ClN3O3/c1-2-15-3-5-16(6-4-15)20(27)9-10-21(28)25-17-7-8-19(18(23)13-17)26-12-11-24-22(29)14-26/h3-8,13H,2,9-12,14H2,1H3,(H,24,29)(H,25,28). The van der Waals surface area contributed by atoms with Gasteiger partial charge in [-0.2, -0.15) is 0 Å². The van der Waals surface area contributed by atoms with Gasteiger partial charge in [0.15, 0.2) is 5.78 Å². The van der Waals surface area contributed by atoms with Gasteiger partial charge >= 0.3 is 0 Å². The average Bonchev–Trinajstić information content (AvgIpc) is 2.72. The third kappa shape index (κ3) is 5.57. The van der Waals surface area contributed by atoms with E-state index < -0.39 is 0 Å². The van der Waals surface area contributed by atoms with E-state index in [4.69, 9.17) is 11.6 Å². The molecule has 0 unspecified atom stereocenters. The Bertz CT molecular complexity index is 912. The van der Waals surface area contributed by atoms with E-state index >= 15 is 0 Å². The maximum atomic E-state index is 12.3. The smallest absolute Gasteiger partial charge is 0.239 e. The third-order valence-corrected chi connectivity index (χ3v) is 5.18. The van der Waals surface area contributed by atoms with Crippen LogP contribution in [0.25, 0.3) is 0 Å². The molecule has 1 saturated heterocycles. The highest BCUT2D eigenvalue weighted by Crippen LogP contribution is 2.29. The van der Waals surface area contributed by atoms with Crippen molar-refractivity contribution in [2.24, 2.45) is 0 Å². The van der Waals surface area contributed by atoms with Gasteiger partial charge in [0.25, 0.3) is 0 Å². The lowest BCUT2D eigenvalue weighted by molar-refractivity contribution is -0.120. The van der Waals surface area contributed by atoms with Crippen molar-refractivity contribution in [3.8, 4) is 0 Å². The predicted octanol–water partition coefficient (Wildman–Crippen LogP) is 3.44. The summed E-state index contributed by atoms with van der Waals surface area (Å²) in [5.41, 5.74) is 3.10. The van der Waals surface area contributed by atoms with Gasteiger partial charge in [-0.05, 0) is 30.2 Å². The minimum atomic E-state index is -0.246. The number of carbonyl (C=O) groups excluding carboxylic acids is 3. The molecule has 0 saturated carbocycles. The Balaban J connectivity index is 1.54. The van der Waals surface area contributed by atoms with E-state index in [1.165, 1.54) is 5.56 Å². The molecule has 29 heavy (non-hydrogen) atoms. The zero-order valence-corrected chi connectivity index (χ0v) is 17.1. The van der Waals surface area contributed by atoms with Crippen molar-refractivity contribution in [3.63, 3.8) is 0 Å². The summed E-state index contributed by atoms with van der Waals surface area (Å²) in [4.78, 5) is 37.9. The van der Waals surface area contributed by atoms with Crippen LogP contribution in [-0.4, -0.2) is 37.2 Å². The van der Waals surface area contributed by atoms with Gasteiger partial charge in [0, 0.05) is 37.2 Å². The van der Waals surface area contributed by atoms with E-state index in [0.29, 0.717) is 29.4 Å². The summed E-state index contributed by atoms with van der Waals surface area (Å²) in [6.45, 7) is 3.57. The van der Waals surface area contributed by atoms with Gasteiger partial charge in [-0.3, -0.25) is 14.4 Å². The molecule has 1 heterocycles. The number of aryl methyl sites for hydroxylation is 1. The molecule has 1 fully saturated rings. The van der Waals surface area contributed by atoms with Crippen LogP contribution in [0.5, 0.6) is 0 Å². The molecule has 0 spiro atoms. The number of Topliss-reactive ketones (excluding diaryl/α,β-unsaturated/α-hetero) is 1. The SMILES string of the molecule is CCc1ccc(C(=O)CCC(=O)Nc2ccc(N3CCNC(=O)C3)c(Cl)c2)cc1. The summed E-state index contributed by atoms with van der Waals surface area (Å²) < 4.78 is 0. The van der Waals surface area contributed by atoms with Crippen LogP contribution < -0.4 is 15.5 Å². The molecule has 2 aromatic rings. The Morgan fingerprint density at radius 1 is 1.14 bits per heavy atom. The number of piperazine rings is 1. The van der Waals surface area contributed by atoms with Gasteiger partial charge < -0.3 is 15.5 Å². The molecule has 6 nitrogen and oxygen atoms in total. The molecule has 1 aliphatic rings. The van der Waals surface area contributed by atoms with E-state index in [-0.39, 0.29) is 37.0 Å². The number of hydrogen-bond acceptors (Lipinski definition) is 4. The minimum Gasteiger partial charge on any atom is -0.359 e. The van der Waals surface area contributed by atoms with Gasteiger partial charge in [0.2, 0.25) is 11.8 Å². The van der Waals surface area contributed by atoms with Crippen LogP contribution in [0, 0.1) is 0 Å². The molecule has 0 radical (unpaired) electrons. The van der Waals surface area contributed by atoms with Crippen molar-refractivity contribution in [2.75, 3.05) is 29.9 Å². The lowest BCUT2D eigenvalue weighted by Crippen LogP contribution is -2.47. The van der Waals surface area contributed by atoms with Crippen LogP contribution in [0.4, 0.5) is 11.4 Å². The van der Waals surface area contributed by atoms with E-state index in [1.54, 1.807) is 30.3 Å². The number of anilines is 2. The fourth-order valence-electron chi connectivity index (χ4n) is 3.21. The van der Waals surface area contributed by atoms with Crippen molar-refractivity contribution >= 4 is 40.6 Å². The second kappa shape index (κ2) is 9.56. The molecule has 2 amide bonds. The number of amides is 2. The van der Waals surface area contributed by atoms with Gasteiger partial charge in [-0.25, -0.2) is 0 Å². The first-order valence-electron chi connectivity index (χ1n) is 9.69. The second-order valence-electron chi connectivity index (χ2n) is 6.96. The second-order valence-corrected chi connectivity index (χ2v) is 7.37. The lowest BCUT2D eigenvalue weighted by Gasteiger charge is -2.29. The first-order valence-corrected chi connectivity index (χ1v) is 10.1. The van der Waals surface area contributed by atoms with Crippen LogP contribution in [-0.2, 0) is 16.0 Å². The average molecular weight is 414 g/mol. The fourth-order valence-corrected chi connectivity index (χ4v) is 3.51. The molecule has 0 atom stereocenters. The number of rotatable bonds is 7. The highest BCUT2D eigenvalue weighted by molar-refractivity contribution is 6.33. The van der Waals surface area contributed by atoms with Crippen LogP contribution in [0.2, 0.25) is 5.02 Å². The molecule has 7 heteroatoms. The van der Waals surface area contributed by atoms with Crippen molar-refractivity contribution in [1.29, 1.82) is 0 Å². The largest absolute Gasteiger partial charge is 0.359 e. The summed E-state index contributed by atoms with van der Waals surface area (Å²) in [5.74, 6) is -0.344. The first kappa shape index (κ1) is 20.9. The Labute approximate surface area is 175 Å². The molecule has 2 aromatic carbocycles. The number of hydrogen-bond donors (Lipinski definition) is 2. The number of ketones is 1. The first-order chi connectivity index (χ1) is 14.0. The summed E-state index contributed by atoms with van der Waals surface area (Å²) in [6.07, 6.45) is 1.16. The number of benzene rings is 2. The van der Waals surface area contributed by atoms with E-state index in [1.807, 2.05) is 17.0 Å². The molecule has 0 aliphatic carbocycles. The molecule has 152 valence electrons. The summed E-state index contributed by atoms with van der Waals surface area (Å²) in [7, 11) is 0. The van der Waals surface area contributed by atoms with Gasteiger partial charge in [-0.15, -0.1) is 0 Å². The van der Waals surface area contributed by atoms with E-state index in [9.17, 15) is 14.4 Å². The van der Waals surface area contributed by atoms with Crippen LogP contribution in [0.15, 0.2) is 42.5 Å². The normalized spacial score (nSPS) is 13.7. The predicted molar refractivity (Wildman–Crippen MR) is 115 cm³/mol. The molecular weight excluding hydrogens is 390 g/mol. The fraction of sp³-hybridized carbons (Fsp3) is 0.318. The zero-order chi connectivity index (χ0) is 20.8.